The maximum Gasteiger partial charge on any atom is 0.246 e. The summed E-state index contributed by atoms with van der Waals surface area (Å²) in [6.45, 7) is 9.39. The number of likely N-dealkylation sites (tertiary alicyclic amines) is 1. The summed E-state index contributed by atoms with van der Waals surface area (Å²) >= 11 is 0. The smallest absolute Gasteiger partial charge is 0.246 e. The lowest BCUT2D eigenvalue weighted by Crippen LogP contribution is -2.43. The van der Waals surface area contributed by atoms with E-state index in [1.54, 1.807) is 13.2 Å². The molecule has 0 aromatic heterocycles. The molecule has 0 N–H and O–H groups in total. The largest absolute Gasteiger partial charge is 0.493 e. The molecule has 0 radical (unpaired) electrons. The number of rotatable bonds is 9. The molecule has 166 valence electrons. The lowest BCUT2D eigenvalue weighted by molar-refractivity contribution is -0.127. The number of amides is 1. The number of piperidine rings is 1. The molecule has 2 aliphatic heterocycles. The molecule has 30 heavy (non-hydrogen) atoms. The summed E-state index contributed by atoms with van der Waals surface area (Å²) in [4.78, 5) is 17.1. The van der Waals surface area contributed by atoms with Crippen LogP contribution in [0.25, 0.3) is 6.08 Å². The van der Waals surface area contributed by atoms with Crippen molar-refractivity contribution in [3.05, 3.63) is 29.8 Å². The Morgan fingerprint density at radius 1 is 1.17 bits per heavy atom. The van der Waals surface area contributed by atoms with Gasteiger partial charge in [-0.15, -0.1) is 0 Å². The van der Waals surface area contributed by atoms with E-state index in [-0.39, 0.29) is 5.91 Å². The van der Waals surface area contributed by atoms with Crippen molar-refractivity contribution in [2.45, 2.75) is 32.6 Å². The SMILES string of the molecule is CCCCOc1ccc(/C=C/C(=O)N2CCC(CN3CCOCC3)CC2)cc1OC. The van der Waals surface area contributed by atoms with Crippen molar-refractivity contribution >= 4 is 12.0 Å². The minimum Gasteiger partial charge on any atom is -0.493 e. The van der Waals surface area contributed by atoms with E-state index in [9.17, 15) is 4.79 Å². The Kier molecular flexibility index (Phi) is 9.02. The third-order valence-corrected chi connectivity index (χ3v) is 5.91. The molecule has 2 saturated heterocycles. The summed E-state index contributed by atoms with van der Waals surface area (Å²) in [5.74, 6) is 2.21. The number of carbonyl (C=O) groups is 1. The van der Waals surface area contributed by atoms with Crippen LogP contribution in [0.1, 0.15) is 38.2 Å². The molecule has 1 aromatic carbocycles. The van der Waals surface area contributed by atoms with E-state index in [1.165, 1.54) is 0 Å². The Balaban J connectivity index is 1.47. The summed E-state index contributed by atoms with van der Waals surface area (Å²) in [7, 11) is 1.64. The molecule has 6 nitrogen and oxygen atoms in total. The first-order valence-electron chi connectivity index (χ1n) is 11.3. The average molecular weight is 417 g/mol. The van der Waals surface area contributed by atoms with Gasteiger partial charge in [-0.25, -0.2) is 0 Å². The quantitative estimate of drug-likeness (QED) is 0.456. The van der Waals surface area contributed by atoms with Crippen molar-refractivity contribution in [3.8, 4) is 11.5 Å². The predicted molar refractivity (Wildman–Crippen MR) is 119 cm³/mol. The van der Waals surface area contributed by atoms with Crippen molar-refractivity contribution in [2.24, 2.45) is 5.92 Å². The van der Waals surface area contributed by atoms with Gasteiger partial charge in [0.15, 0.2) is 11.5 Å². The standard InChI is InChI=1S/C24H36N2O4/c1-3-4-15-30-22-7-5-20(18-23(22)28-2)6-8-24(27)26-11-9-21(10-12-26)19-25-13-16-29-17-14-25/h5-8,18,21H,3-4,9-17,19H2,1-2H3/b8-6+. The van der Waals surface area contributed by atoms with Crippen LogP contribution in [0.3, 0.4) is 0 Å². The third-order valence-electron chi connectivity index (χ3n) is 5.91. The van der Waals surface area contributed by atoms with Gasteiger partial charge < -0.3 is 19.1 Å². The minimum absolute atomic E-state index is 0.0852. The topological polar surface area (TPSA) is 51.2 Å². The number of hydrogen-bond donors (Lipinski definition) is 0. The van der Waals surface area contributed by atoms with Crippen LogP contribution in [-0.2, 0) is 9.53 Å². The van der Waals surface area contributed by atoms with E-state index in [0.29, 0.717) is 18.3 Å². The number of nitrogens with zero attached hydrogens (tertiary/aromatic N) is 2. The Hall–Kier alpha value is -2.05. The first kappa shape index (κ1) is 22.6. The predicted octanol–water partition coefficient (Wildman–Crippen LogP) is 3.46. The summed E-state index contributed by atoms with van der Waals surface area (Å²) in [6.07, 6.45) is 7.80. The van der Waals surface area contributed by atoms with Crippen LogP contribution in [0.15, 0.2) is 24.3 Å². The molecule has 3 rings (SSSR count). The van der Waals surface area contributed by atoms with E-state index in [2.05, 4.69) is 11.8 Å². The van der Waals surface area contributed by atoms with E-state index in [0.717, 1.165) is 82.9 Å². The monoisotopic (exact) mass is 416 g/mol. The highest BCUT2D eigenvalue weighted by Gasteiger charge is 2.24. The van der Waals surface area contributed by atoms with Gasteiger partial charge >= 0.3 is 0 Å². The van der Waals surface area contributed by atoms with Gasteiger partial charge in [-0.05, 0) is 49.0 Å². The number of benzene rings is 1. The normalized spacial score (nSPS) is 18.7. The molecular formula is C24H36N2O4. The molecule has 0 atom stereocenters. The van der Waals surface area contributed by atoms with Gasteiger partial charge in [0, 0.05) is 38.8 Å². The second kappa shape index (κ2) is 12.0. The first-order valence-corrected chi connectivity index (χ1v) is 11.3. The van der Waals surface area contributed by atoms with Crippen molar-refractivity contribution in [1.29, 1.82) is 0 Å². The Morgan fingerprint density at radius 2 is 1.93 bits per heavy atom. The zero-order valence-corrected chi connectivity index (χ0v) is 18.5. The van der Waals surface area contributed by atoms with Crippen LogP contribution in [0.2, 0.25) is 0 Å². The number of morpholine rings is 1. The van der Waals surface area contributed by atoms with Gasteiger partial charge in [0.2, 0.25) is 5.91 Å². The molecule has 2 heterocycles. The number of carbonyl (C=O) groups excluding carboxylic acids is 1. The van der Waals surface area contributed by atoms with Crippen molar-refractivity contribution in [2.75, 3.05) is 59.7 Å². The van der Waals surface area contributed by atoms with Gasteiger partial charge in [-0.1, -0.05) is 19.4 Å². The lowest BCUT2D eigenvalue weighted by atomic mass is 9.96. The summed E-state index contributed by atoms with van der Waals surface area (Å²) in [6, 6.07) is 5.79. The van der Waals surface area contributed by atoms with Gasteiger partial charge in [-0.3, -0.25) is 9.69 Å². The zero-order valence-electron chi connectivity index (χ0n) is 18.5. The molecule has 2 fully saturated rings. The molecule has 0 unspecified atom stereocenters. The fraction of sp³-hybridized carbons (Fsp3) is 0.625. The number of ether oxygens (including phenoxy) is 3. The second-order valence-corrected chi connectivity index (χ2v) is 8.13. The van der Waals surface area contributed by atoms with Crippen molar-refractivity contribution in [1.82, 2.24) is 9.80 Å². The highest BCUT2D eigenvalue weighted by molar-refractivity contribution is 5.91. The van der Waals surface area contributed by atoms with Gasteiger partial charge in [0.05, 0.1) is 26.9 Å². The lowest BCUT2D eigenvalue weighted by Gasteiger charge is -2.35. The third kappa shape index (κ3) is 6.74. The zero-order chi connectivity index (χ0) is 21.2. The highest BCUT2D eigenvalue weighted by atomic mass is 16.5. The Labute approximate surface area is 180 Å². The second-order valence-electron chi connectivity index (χ2n) is 8.13. The van der Waals surface area contributed by atoms with Crippen LogP contribution < -0.4 is 9.47 Å². The van der Waals surface area contributed by atoms with E-state index in [1.807, 2.05) is 29.2 Å². The Bertz CT molecular complexity index is 692. The molecular weight excluding hydrogens is 380 g/mol. The summed E-state index contributed by atoms with van der Waals surface area (Å²) in [5, 5.41) is 0. The van der Waals surface area contributed by atoms with Crippen LogP contribution in [0.5, 0.6) is 11.5 Å². The number of unbranched alkanes of at least 4 members (excludes halogenated alkanes) is 1. The molecule has 0 spiro atoms. The number of methoxy groups -OCH3 is 1. The molecule has 1 amide bonds. The molecule has 6 heteroatoms. The van der Waals surface area contributed by atoms with Gasteiger partial charge in [0.1, 0.15) is 0 Å². The first-order chi connectivity index (χ1) is 14.7. The van der Waals surface area contributed by atoms with E-state index < -0.39 is 0 Å². The summed E-state index contributed by atoms with van der Waals surface area (Å²) in [5.41, 5.74) is 0.935. The van der Waals surface area contributed by atoms with E-state index in [4.69, 9.17) is 14.2 Å². The molecule has 0 aliphatic carbocycles. The fourth-order valence-electron chi connectivity index (χ4n) is 3.99. The molecule has 2 aliphatic rings. The fourth-order valence-corrected chi connectivity index (χ4v) is 3.99. The maximum atomic E-state index is 12.6. The van der Waals surface area contributed by atoms with Crippen molar-refractivity contribution < 1.29 is 19.0 Å². The van der Waals surface area contributed by atoms with Crippen molar-refractivity contribution in [3.63, 3.8) is 0 Å². The van der Waals surface area contributed by atoms with Gasteiger partial charge in [0.25, 0.3) is 0 Å². The molecule has 0 bridgehead atoms. The van der Waals surface area contributed by atoms with Crippen LogP contribution in [-0.4, -0.2) is 75.4 Å². The molecule has 0 saturated carbocycles. The summed E-state index contributed by atoms with van der Waals surface area (Å²) < 4.78 is 16.6. The highest BCUT2D eigenvalue weighted by Crippen LogP contribution is 2.29. The maximum absolute atomic E-state index is 12.6. The minimum atomic E-state index is 0.0852. The average Bonchev–Trinajstić information content (AvgIpc) is 2.79. The molecule has 1 aromatic rings. The number of hydrogen-bond acceptors (Lipinski definition) is 5. The van der Waals surface area contributed by atoms with E-state index >= 15 is 0 Å². The Morgan fingerprint density at radius 3 is 2.63 bits per heavy atom. The van der Waals surface area contributed by atoms with Gasteiger partial charge in [-0.2, -0.15) is 0 Å². The van der Waals surface area contributed by atoms with Crippen LogP contribution in [0.4, 0.5) is 0 Å². The van der Waals surface area contributed by atoms with Crippen LogP contribution >= 0.6 is 0 Å². The van der Waals surface area contributed by atoms with Crippen LogP contribution in [0, 0.1) is 5.92 Å².